The Labute approximate surface area is 449 Å². The number of urea groups is 1. The summed E-state index contributed by atoms with van der Waals surface area (Å²) in [5, 5.41) is 61.6. The van der Waals surface area contributed by atoms with Crippen LogP contribution in [-0.2, 0) is 20.4 Å². The van der Waals surface area contributed by atoms with Crippen molar-refractivity contribution in [1.82, 2.24) is 10.6 Å². The number of aliphatic hydroxyl groups is 5. The number of hydrogen-bond acceptors (Lipinski definition) is 9. The number of carbonyl (C=O) groups is 2. The summed E-state index contributed by atoms with van der Waals surface area (Å²) in [4.78, 5) is 25.9. The quantitative estimate of drug-likeness (QED) is 0.0294. The first-order valence-electron chi connectivity index (χ1n) is 29.6. The molecular weight excluding hydrogens is 975 g/mol. The SMILES string of the molecule is CCCCCCCCCCCCCCCCCCCCCCCCCC(=O)N[C@@H](CO[C@H]1O[C@H](CNC(=O)Nc2ccc(Cl)c(C(F)(F)F)c2)[C@H](O)[C@H](O)[C@H]1O)[C@H](O)[C@H](O)CCCCCCCCCCCCCC. The maximum Gasteiger partial charge on any atom is 0.417 e. The molecule has 8 N–H and O–H groups in total. The molecule has 8 atom stereocenters. The summed E-state index contributed by atoms with van der Waals surface area (Å²) >= 11 is 5.68. The van der Waals surface area contributed by atoms with Crippen LogP contribution in [0, 0.1) is 0 Å². The molecule has 0 aromatic heterocycles. The number of benzene rings is 1. The number of anilines is 1. The van der Waals surface area contributed by atoms with Gasteiger partial charge in [-0.2, -0.15) is 13.2 Å². The number of alkyl halides is 3. The molecule has 1 aliphatic rings. The number of rotatable bonds is 46. The summed E-state index contributed by atoms with van der Waals surface area (Å²) in [6.07, 6.45) is 27.9. The Hall–Kier alpha value is -2.24. The van der Waals surface area contributed by atoms with Crippen LogP contribution in [0.2, 0.25) is 5.02 Å². The fourth-order valence-corrected chi connectivity index (χ4v) is 10.0. The highest BCUT2D eigenvalue weighted by atomic mass is 35.5. The van der Waals surface area contributed by atoms with Gasteiger partial charge in [-0.1, -0.05) is 244 Å². The Bertz CT molecular complexity index is 1550. The van der Waals surface area contributed by atoms with Crippen LogP contribution in [0.1, 0.15) is 257 Å². The highest BCUT2D eigenvalue weighted by molar-refractivity contribution is 6.31. The van der Waals surface area contributed by atoms with E-state index in [0.717, 1.165) is 44.6 Å². The average molecular weight is 1080 g/mol. The van der Waals surface area contributed by atoms with E-state index in [1.807, 2.05) is 0 Å². The molecular formula is C58H103ClF3N3O9. The molecule has 0 radical (unpaired) electrons. The van der Waals surface area contributed by atoms with Crippen molar-refractivity contribution in [3.63, 3.8) is 0 Å². The molecule has 1 fully saturated rings. The smallest absolute Gasteiger partial charge is 0.390 e. The third-order valence-electron chi connectivity index (χ3n) is 14.6. The van der Waals surface area contributed by atoms with E-state index in [1.54, 1.807) is 0 Å². The highest BCUT2D eigenvalue weighted by Gasteiger charge is 2.45. The zero-order chi connectivity index (χ0) is 54.2. The van der Waals surface area contributed by atoms with E-state index in [0.29, 0.717) is 25.3 Å². The molecule has 74 heavy (non-hydrogen) atoms. The van der Waals surface area contributed by atoms with E-state index in [9.17, 15) is 48.3 Å². The second-order valence-corrected chi connectivity index (χ2v) is 21.7. The fraction of sp³-hybridized carbons (Fsp3) is 0.862. The molecule has 1 aromatic rings. The number of nitrogens with one attached hydrogen (secondary N) is 3. The Morgan fingerprint density at radius 1 is 0.622 bits per heavy atom. The summed E-state index contributed by atoms with van der Waals surface area (Å²) in [7, 11) is 0. The molecule has 3 amide bonds. The van der Waals surface area contributed by atoms with Crippen molar-refractivity contribution in [3.8, 4) is 0 Å². The first kappa shape index (κ1) is 67.9. The minimum absolute atomic E-state index is 0.202. The highest BCUT2D eigenvalue weighted by Crippen LogP contribution is 2.36. The number of ether oxygens (including phenoxy) is 2. The van der Waals surface area contributed by atoms with Gasteiger partial charge in [0.1, 0.15) is 30.5 Å². The lowest BCUT2D eigenvalue weighted by Gasteiger charge is -2.41. The molecule has 0 bridgehead atoms. The minimum atomic E-state index is -4.76. The van der Waals surface area contributed by atoms with Gasteiger partial charge in [0.05, 0.1) is 29.3 Å². The molecule has 1 aliphatic heterocycles. The second-order valence-electron chi connectivity index (χ2n) is 21.3. The van der Waals surface area contributed by atoms with Crippen LogP contribution in [0.4, 0.5) is 23.7 Å². The molecule has 1 heterocycles. The molecule has 0 unspecified atom stereocenters. The lowest BCUT2D eigenvalue weighted by atomic mass is 9.98. The minimum Gasteiger partial charge on any atom is -0.390 e. The number of unbranched alkanes of at least 4 members (excludes halogenated alkanes) is 33. The molecule has 0 saturated carbocycles. The van der Waals surface area contributed by atoms with E-state index in [4.69, 9.17) is 21.1 Å². The third kappa shape index (κ3) is 31.9. The van der Waals surface area contributed by atoms with Crippen molar-refractivity contribution in [2.24, 2.45) is 0 Å². The molecule has 2 rings (SSSR count). The molecule has 0 aliphatic carbocycles. The number of halogens is 4. The van der Waals surface area contributed by atoms with Gasteiger partial charge in [0.25, 0.3) is 0 Å². The average Bonchev–Trinajstić information content (AvgIpc) is 3.37. The molecule has 16 heteroatoms. The molecule has 12 nitrogen and oxygen atoms in total. The summed E-state index contributed by atoms with van der Waals surface area (Å²) in [5.74, 6) is -0.338. The lowest BCUT2D eigenvalue weighted by Crippen LogP contribution is -2.61. The third-order valence-corrected chi connectivity index (χ3v) is 14.9. The van der Waals surface area contributed by atoms with Gasteiger partial charge in [0.15, 0.2) is 6.29 Å². The number of aliphatic hydroxyl groups excluding tert-OH is 5. The summed E-state index contributed by atoms with van der Waals surface area (Å²) in [6.45, 7) is 3.59. The van der Waals surface area contributed by atoms with Crippen molar-refractivity contribution >= 4 is 29.2 Å². The largest absolute Gasteiger partial charge is 0.417 e. The Morgan fingerprint density at radius 2 is 1.04 bits per heavy atom. The lowest BCUT2D eigenvalue weighted by molar-refractivity contribution is -0.297. The van der Waals surface area contributed by atoms with Crippen LogP contribution in [0.25, 0.3) is 0 Å². The monoisotopic (exact) mass is 1080 g/mol. The zero-order valence-electron chi connectivity index (χ0n) is 45.8. The van der Waals surface area contributed by atoms with Crippen molar-refractivity contribution < 1.29 is 57.8 Å². The standard InChI is InChI=1S/C58H103ClF3N3O9/c1-3-5-7-9-11-13-15-17-18-19-20-21-22-23-24-25-26-27-29-31-33-35-37-39-51(67)65-48(52(68)49(66)38-36-34-32-30-28-16-14-12-10-8-6-4-2)44-73-56-55(71)54(70)53(69)50(74-56)43-63-57(72)64-45-40-41-47(59)46(42-45)58(60,61)62/h40-42,48-50,52-56,66,68-71H,3-39,43-44H2,1-2H3,(H,65,67)(H2,63,64,72)/t48-,49+,50+,52-,53-,54-,55+,56-/m0/s1. The second kappa shape index (κ2) is 42.7. The van der Waals surface area contributed by atoms with Gasteiger partial charge in [0, 0.05) is 18.7 Å². The van der Waals surface area contributed by atoms with Gasteiger partial charge in [0.2, 0.25) is 5.91 Å². The van der Waals surface area contributed by atoms with Crippen LogP contribution in [0.15, 0.2) is 18.2 Å². The first-order valence-corrected chi connectivity index (χ1v) is 30.0. The topological polar surface area (TPSA) is 190 Å². The number of carbonyl (C=O) groups excluding carboxylic acids is 2. The van der Waals surface area contributed by atoms with Gasteiger partial charge in [-0.3, -0.25) is 4.79 Å². The van der Waals surface area contributed by atoms with Crippen LogP contribution in [0.3, 0.4) is 0 Å². The van der Waals surface area contributed by atoms with Crippen LogP contribution in [0.5, 0.6) is 0 Å². The predicted molar refractivity (Wildman–Crippen MR) is 292 cm³/mol. The summed E-state index contributed by atoms with van der Waals surface area (Å²) in [5.41, 5.74) is -1.35. The van der Waals surface area contributed by atoms with E-state index in [-0.39, 0.29) is 18.0 Å². The summed E-state index contributed by atoms with van der Waals surface area (Å²) < 4.78 is 51.6. The van der Waals surface area contributed by atoms with Crippen molar-refractivity contribution in [2.45, 2.75) is 307 Å². The van der Waals surface area contributed by atoms with Gasteiger partial charge >= 0.3 is 12.2 Å². The maximum absolute atomic E-state index is 13.3. The van der Waals surface area contributed by atoms with Crippen LogP contribution in [-0.4, -0.2) is 99.6 Å². The molecule has 0 spiro atoms. The van der Waals surface area contributed by atoms with Crippen LogP contribution >= 0.6 is 11.6 Å². The normalized spacial score (nSPS) is 19.3. The Morgan fingerprint density at radius 3 is 1.47 bits per heavy atom. The fourth-order valence-electron chi connectivity index (χ4n) is 9.82. The van der Waals surface area contributed by atoms with E-state index < -0.39 is 84.9 Å². The van der Waals surface area contributed by atoms with Crippen LogP contribution < -0.4 is 16.0 Å². The Balaban J connectivity index is 1.78. The molecule has 1 aromatic carbocycles. The molecule has 1 saturated heterocycles. The van der Waals surface area contributed by atoms with Crippen molar-refractivity contribution in [1.29, 1.82) is 0 Å². The van der Waals surface area contributed by atoms with E-state index in [1.165, 1.54) is 179 Å². The van der Waals surface area contributed by atoms with Gasteiger partial charge in [-0.15, -0.1) is 0 Å². The van der Waals surface area contributed by atoms with Gasteiger partial charge < -0.3 is 51.0 Å². The number of amides is 3. The zero-order valence-corrected chi connectivity index (χ0v) is 46.6. The summed E-state index contributed by atoms with van der Waals surface area (Å²) in [6, 6.07) is 0.756. The van der Waals surface area contributed by atoms with Crippen molar-refractivity contribution in [2.75, 3.05) is 18.5 Å². The maximum atomic E-state index is 13.3. The van der Waals surface area contributed by atoms with Crippen molar-refractivity contribution in [3.05, 3.63) is 28.8 Å². The van der Waals surface area contributed by atoms with Gasteiger partial charge in [-0.05, 0) is 31.0 Å². The van der Waals surface area contributed by atoms with E-state index >= 15 is 0 Å². The van der Waals surface area contributed by atoms with Gasteiger partial charge in [-0.25, -0.2) is 4.79 Å². The predicted octanol–water partition coefficient (Wildman–Crippen LogP) is 14.0. The first-order chi connectivity index (χ1) is 35.7. The molecule has 432 valence electrons. The number of hydrogen-bond donors (Lipinski definition) is 8. The van der Waals surface area contributed by atoms with E-state index in [2.05, 4.69) is 29.8 Å². The Kier molecular flexibility index (Phi) is 39.2.